The van der Waals surface area contributed by atoms with Gasteiger partial charge < -0.3 is 15.8 Å². The lowest BCUT2D eigenvalue weighted by Crippen LogP contribution is -2.46. The molecule has 100 valence electrons. The van der Waals surface area contributed by atoms with Crippen molar-refractivity contribution < 1.29 is 18.7 Å². The van der Waals surface area contributed by atoms with Crippen molar-refractivity contribution in [2.45, 2.75) is 50.4 Å². The summed E-state index contributed by atoms with van der Waals surface area (Å²) in [4.78, 5) is 22.5. The molecule has 0 aromatic rings. The van der Waals surface area contributed by atoms with E-state index >= 15 is 0 Å². The molecule has 0 heterocycles. The van der Waals surface area contributed by atoms with Gasteiger partial charge in [0.2, 0.25) is 0 Å². The third-order valence-electron chi connectivity index (χ3n) is 2.55. The number of hydrogen-bond acceptors (Lipinski definition) is 4. The number of carbonyl (C=O) groups excluding carboxylic acids is 2. The van der Waals surface area contributed by atoms with Gasteiger partial charge >= 0.3 is 6.09 Å². The quantitative estimate of drug-likeness (QED) is 0.758. The first-order valence-corrected chi connectivity index (χ1v) is 5.56. The fourth-order valence-corrected chi connectivity index (χ4v) is 1.48. The van der Waals surface area contributed by atoms with E-state index < -0.39 is 29.3 Å². The fourth-order valence-electron chi connectivity index (χ4n) is 1.48. The molecule has 1 saturated carbocycles. The standard InChI is InChI=1S/C11H16FN3O3/c1-10(2,12)5-7(18-9(14)17)8(16)15-11(6-13)3-4-11/h7H,3-5H2,1-2H3,(H2,14,17)(H,15,16). The number of nitrogens with zero attached hydrogens (tertiary/aromatic N) is 1. The monoisotopic (exact) mass is 257 g/mol. The molecule has 6 nitrogen and oxygen atoms in total. The lowest BCUT2D eigenvalue weighted by atomic mass is 10.0. The first-order chi connectivity index (χ1) is 8.17. The number of halogens is 1. The molecule has 0 radical (unpaired) electrons. The van der Waals surface area contributed by atoms with E-state index in [0.717, 1.165) is 0 Å². The Hall–Kier alpha value is -1.84. The van der Waals surface area contributed by atoms with Gasteiger partial charge in [0, 0.05) is 6.42 Å². The summed E-state index contributed by atoms with van der Waals surface area (Å²) < 4.78 is 18.1. The smallest absolute Gasteiger partial charge is 0.405 e. The summed E-state index contributed by atoms with van der Waals surface area (Å²) in [6.45, 7) is 2.52. The minimum Gasteiger partial charge on any atom is -0.436 e. The summed E-state index contributed by atoms with van der Waals surface area (Å²) in [5, 5.41) is 11.3. The number of hydrogen-bond donors (Lipinski definition) is 2. The molecule has 2 amide bonds. The van der Waals surface area contributed by atoms with E-state index in [-0.39, 0.29) is 6.42 Å². The molecule has 0 saturated heterocycles. The average molecular weight is 257 g/mol. The van der Waals surface area contributed by atoms with E-state index in [1.165, 1.54) is 13.8 Å². The number of carbonyl (C=O) groups is 2. The first kappa shape index (κ1) is 14.2. The zero-order chi connectivity index (χ0) is 14.0. The molecule has 1 aliphatic rings. The van der Waals surface area contributed by atoms with Crippen molar-refractivity contribution >= 4 is 12.0 Å². The highest BCUT2D eigenvalue weighted by molar-refractivity contribution is 5.84. The van der Waals surface area contributed by atoms with Crippen LogP contribution in [0.15, 0.2) is 0 Å². The Morgan fingerprint density at radius 2 is 2.17 bits per heavy atom. The number of nitriles is 1. The van der Waals surface area contributed by atoms with Crippen LogP contribution >= 0.6 is 0 Å². The van der Waals surface area contributed by atoms with Crippen LogP contribution in [0, 0.1) is 11.3 Å². The van der Waals surface area contributed by atoms with E-state index in [2.05, 4.69) is 10.1 Å². The highest BCUT2D eigenvalue weighted by atomic mass is 19.1. The SMILES string of the molecule is CC(C)(F)CC(OC(N)=O)C(=O)NC1(C#N)CC1. The van der Waals surface area contributed by atoms with Crippen LogP contribution in [0.25, 0.3) is 0 Å². The van der Waals surface area contributed by atoms with Crippen LogP contribution in [0.1, 0.15) is 33.1 Å². The van der Waals surface area contributed by atoms with Crippen LogP contribution in [0.5, 0.6) is 0 Å². The second-order valence-electron chi connectivity index (χ2n) is 5.03. The molecule has 1 unspecified atom stereocenters. The lowest BCUT2D eigenvalue weighted by molar-refractivity contribution is -0.131. The van der Waals surface area contributed by atoms with Crippen molar-refractivity contribution in [3.63, 3.8) is 0 Å². The van der Waals surface area contributed by atoms with Gasteiger partial charge in [-0.25, -0.2) is 9.18 Å². The van der Waals surface area contributed by atoms with Gasteiger partial charge in [0.15, 0.2) is 6.10 Å². The van der Waals surface area contributed by atoms with Gasteiger partial charge in [-0.3, -0.25) is 4.79 Å². The molecule has 18 heavy (non-hydrogen) atoms. The zero-order valence-corrected chi connectivity index (χ0v) is 10.3. The molecule has 0 spiro atoms. The maximum atomic E-state index is 13.5. The molecule has 0 bridgehead atoms. The maximum Gasteiger partial charge on any atom is 0.405 e. The van der Waals surface area contributed by atoms with Crippen LogP contribution in [-0.4, -0.2) is 29.3 Å². The van der Waals surface area contributed by atoms with Crippen LogP contribution in [0.4, 0.5) is 9.18 Å². The van der Waals surface area contributed by atoms with Gasteiger partial charge in [-0.2, -0.15) is 5.26 Å². The van der Waals surface area contributed by atoms with Crippen LogP contribution in [0.3, 0.4) is 0 Å². The van der Waals surface area contributed by atoms with Gasteiger partial charge in [-0.1, -0.05) is 0 Å². The predicted octanol–water partition coefficient (Wildman–Crippen LogP) is 0.761. The predicted molar refractivity (Wildman–Crippen MR) is 60.0 cm³/mol. The van der Waals surface area contributed by atoms with Gasteiger partial charge in [0.1, 0.15) is 11.2 Å². The maximum absolute atomic E-state index is 13.5. The number of amides is 2. The molecule has 3 N–H and O–H groups in total. The Morgan fingerprint density at radius 1 is 1.61 bits per heavy atom. The van der Waals surface area contributed by atoms with E-state index in [1.54, 1.807) is 0 Å². The number of nitrogens with two attached hydrogens (primary N) is 1. The molecule has 0 aliphatic heterocycles. The van der Waals surface area contributed by atoms with Gasteiger partial charge in [-0.15, -0.1) is 0 Å². The Balaban J connectivity index is 2.67. The highest BCUT2D eigenvalue weighted by Gasteiger charge is 2.46. The number of primary amides is 1. The van der Waals surface area contributed by atoms with Crippen molar-refractivity contribution in [2.75, 3.05) is 0 Å². The summed E-state index contributed by atoms with van der Waals surface area (Å²) in [5.74, 6) is -0.696. The molecule has 1 rings (SSSR count). The first-order valence-electron chi connectivity index (χ1n) is 5.56. The molecule has 1 atom stereocenters. The van der Waals surface area contributed by atoms with Crippen molar-refractivity contribution in [2.24, 2.45) is 5.73 Å². The zero-order valence-electron chi connectivity index (χ0n) is 10.3. The number of ether oxygens (including phenoxy) is 1. The molecule has 7 heteroatoms. The normalized spacial score (nSPS) is 18.3. The summed E-state index contributed by atoms with van der Waals surface area (Å²) in [6.07, 6.45) is -1.72. The van der Waals surface area contributed by atoms with Crippen molar-refractivity contribution in [1.29, 1.82) is 5.26 Å². The topological polar surface area (TPSA) is 105 Å². The van der Waals surface area contributed by atoms with Crippen LogP contribution in [-0.2, 0) is 9.53 Å². The minimum absolute atomic E-state index is 0.316. The summed E-state index contributed by atoms with van der Waals surface area (Å²) >= 11 is 0. The molecule has 0 aromatic carbocycles. The summed E-state index contributed by atoms with van der Waals surface area (Å²) in [6, 6.07) is 1.96. The molecular weight excluding hydrogens is 241 g/mol. The summed E-state index contributed by atoms with van der Waals surface area (Å²) in [5.41, 5.74) is 2.25. The third kappa shape index (κ3) is 4.20. The summed E-state index contributed by atoms with van der Waals surface area (Å²) in [7, 11) is 0. The van der Waals surface area contributed by atoms with E-state index in [4.69, 9.17) is 11.0 Å². The highest BCUT2D eigenvalue weighted by Crippen LogP contribution is 2.34. The Bertz CT molecular complexity index is 393. The lowest BCUT2D eigenvalue weighted by Gasteiger charge is -2.22. The number of nitrogens with one attached hydrogen (secondary N) is 1. The second-order valence-corrected chi connectivity index (χ2v) is 5.03. The van der Waals surface area contributed by atoms with Gasteiger partial charge in [0.25, 0.3) is 5.91 Å². The molecular formula is C11H16FN3O3. The number of alkyl halides is 1. The van der Waals surface area contributed by atoms with E-state index in [9.17, 15) is 14.0 Å². The average Bonchev–Trinajstić information content (AvgIpc) is 2.94. The molecule has 1 aliphatic carbocycles. The minimum atomic E-state index is -1.69. The van der Waals surface area contributed by atoms with Crippen molar-refractivity contribution in [3.8, 4) is 6.07 Å². The van der Waals surface area contributed by atoms with Crippen molar-refractivity contribution in [1.82, 2.24) is 5.32 Å². The number of rotatable bonds is 5. The largest absolute Gasteiger partial charge is 0.436 e. The van der Waals surface area contributed by atoms with Gasteiger partial charge in [-0.05, 0) is 26.7 Å². The van der Waals surface area contributed by atoms with E-state index in [0.29, 0.717) is 12.8 Å². The van der Waals surface area contributed by atoms with E-state index in [1.807, 2.05) is 6.07 Å². The third-order valence-corrected chi connectivity index (χ3v) is 2.55. The Morgan fingerprint density at radius 3 is 2.50 bits per heavy atom. The van der Waals surface area contributed by atoms with Crippen LogP contribution < -0.4 is 11.1 Å². The molecule has 1 fully saturated rings. The van der Waals surface area contributed by atoms with Crippen LogP contribution in [0.2, 0.25) is 0 Å². The Kier molecular flexibility index (Phi) is 3.79. The van der Waals surface area contributed by atoms with Gasteiger partial charge in [0.05, 0.1) is 6.07 Å². The van der Waals surface area contributed by atoms with Crippen molar-refractivity contribution in [3.05, 3.63) is 0 Å². The molecule has 0 aromatic heterocycles. The second kappa shape index (κ2) is 4.80. The Labute approximate surface area is 104 Å². The fraction of sp³-hybridized carbons (Fsp3) is 0.727.